The van der Waals surface area contributed by atoms with Gasteiger partial charge in [-0.3, -0.25) is 9.20 Å². The van der Waals surface area contributed by atoms with E-state index in [1.807, 2.05) is 30.4 Å². The number of quaternary nitrogens is 1. The highest BCUT2D eigenvalue weighted by Gasteiger charge is 2.31. The first kappa shape index (κ1) is 14.6. The summed E-state index contributed by atoms with van der Waals surface area (Å²) < 4.78 is 1.63. The number of hydrogen-bond donors (Lipinski definition) is 1. The number of nitrogens with one attached hydrogen (secondary N) is 1. The van der Waals surface area contributed by atoms with Crippen LogP contribution in [0.25, 0.3) is 5.65 Å². The van der Waals surface area contributed by atoms with Crippen molar-refractivity contribution in [1.29, 1.82) is 0 Å². The van der Waals surface area contributed by atoms with Gasteiger partial charge < -0.3 is 4.90 Å². The van der Waals surface area contributed by atoms with Crippen molar-refractivity contribution in [3.05, 3.63) is 68.4 Å². The van der Waals surface area contributed by atoms with Crippen molar-refractivity contribution >= 4 is 17.0 Å². The van der Waals surface area contributed by atoms with Crippen molar-refractivity contribution in [2.45, 2.75) is 32.4 Å². The summed E-state index contributed by atoms with van der Waals surface area (Å²) in [4.78, 5) is 20.1. The SMILES string of the molecule is Cc1cccn2c(=O)cc(C[NH+]3CCC[C@@H]3c3cccs3)nc12. The summed E-state index contributed by atoms with van der Waals surface area (Å²) in [5.74, 6) is 0. The van der Waals surface area contributed by atoms with E-state index in [0.717, 1.165) is 30.0 Å². The van der Waals surface area contributed by atoms with Crippen LogP contribution in [0.1, 0.15) is 35.0 Å². The summed E-state index contributed by atoms with van der Waals surface area (Å²) in [5.41, 5.74) is 2.74. The predicted molar refractivity (Wildman–Crippen MR) is 92.0 cm³/mol. The zero-order valence-electron chi connectivity index (χ0n) is 13.2. The Balaban J connectivity index is 1.67. The summed E-state index contributed by atoms with van der Waals surface area (Å²) in [6.07, 6.45) is 4.25. The fourth-order valence-electron chi connectivity index (χ4n) is 3.59. The first-order valence-corrected chi connectivity index (χ1v) is 8.96. The van der Waals surface area contributed by atoms with E-state index in [1.54, 1.807) is 16.7 Å². The van der Waals surface area contributed by atoms with Crippen LogP contribution >= 0.6 is 11.3 Å². The summed E-state index contributed by atoms with van der Waals surface area (Å²) in [7, 11) is 0. The molecule has 1 fully saturated rings. The monoisotopic (exact) mass is 326 g/mol. The normalized spacial score (nSPS) is 21.1. The van der Waals surface area contributed by atoms with Crippen LogP contribution in [0, 0.1) is 6.92 Å². The molecule has 23 heavy (non-hydrogen) atoms. The van der Waals surface area contributed by atoms with Gasteiger partial charge in [-0.1, -0.05) is 12.1 Å². The van der Waals surface area contributed by atoms with Gasteiger partial charge >= 0.3 is 0 Å². The Kier molecular flexibility index (Phi) is 3.75. The van der Waals surface area contributed by atoms with Gasteiger partial charge in [-0.15, -0.1) is 11.3 Å². The predicted octanol–water partition coefficient (Wildman–Crippen LogP) is 1.98. The molecule has 3 aromatic rings. The Morgan fingerprint density at radius 2 is 2.30 bits per heavy atom. The van der Waals surface area contributed by atoms with Crippen LogP contribution in [0.15, 0.2) is 46.7 Å². The van der Waals surface area contributed by atoms with Crippen LogP contribution in [0.5, 0.6) is 0 Å². The van der Waals surface area contributed by atoms with Gasteiger partial charge in [0, 0.05) is 25.1 Å². The highest BCUT2D eigenvalue weighted by Crippen LogP contribution is 2.23. The fraction of sp³-hybridized carbons (Fsp3) is 0.333. The minimum atomic E-state index is 0.0139. The number of thiophene rings is 1. The van der Waals surface area contributed by atoms with E-state index in [9.17, 15) is 4.79 Å². The number of aromatic nitrogens is 2. The Labute approximate surface area is 139 Å². The van der Waals surface area contributed by atoms with Crippen molar-refractivity contribution in [3.8, 4) is 0 Å². The number of pyridine rings is 1. The molecule has 4 nitrogen and oxygen atoms in total. The van der Waals surface area contributed by atoms with Gasteiger partial charge in [0.2, 0.25) is 0 Å². The van der Waals surface area contributed by atoms with E-state index in [-0.39, 0.29) is 5.56 Å². The van der Waals surface area contributed by atoms with E-state index in [0.29, 0.717) is 6.04 Å². The highest BCUT2D eigenvalue weighted by molar-refractivity contribution is 7.10. The number of rotatable bonds is 3. The third-order valence-corrected chi connectivity index (χ3v) is 5.70. The first-order valence-electron chi connectivity index (χ1n) is 8.08. The van der Waals surface area contributed by atoms with Gasteiger partial charge in [0.15, 0.2) is 0 Å². The van der Waals surface area contributed by atoms with E-state index >= 15 is 0 Å². The van der Waals surface area contributed by atoms with Crippen LogP contribution in [0.2, 0.25) is 0 Å². The molecule has 0 amide bonds. The number of aryl methyl sites for hydroxylation is 1. The van der Waals surface area contributed by atoms with Crippen LogP contribution in [0.3, 0.4) is 0 Å². The summed E-state index contributed by atoms with van der Waals surface area (Å²) in [6, 6.07) is 10.5. The largest absolute Gasteiger partial charge is 0.323 e. The molecule has 2 atom stereocenters. The zero-order valence-corrected chi connectivity index (χ0v) is 14.0. The maximum atomic E-state index is 12.4. The molecule has 1 N–H and O–H groups in total. The fourth-order valence-corrected chi connectivity index (χ4v) is 4.51. The lowest BCUT2D eigenvalue weighted by atomic mass is 10.2. The quantitative estimate of drug-likeness (QED) is 0.799. The molecule has 0 bridgehead atoms. The minimum absolute atomic E-state index is 0.0139. The number of hydrogen-bond acceptors (Lipinski definition) is 3. The van der Waals surface area contributed by atoms with Gasteiger partial charge in [-0.2, -0.15) is 0 Å². The van der Waals surface area contributed by atoms with E-state index < -0.39 is 0 Å². The summed E-state index contributed by atoms with van der Waals surface area (Å²) in [6.45, 7) is 3.97. The highest BCUT2D eigenvalue weighted by atomic mass is 32.1. The standard InChI is InChI=1S/C18H19N3OS/c1-13-5-2-9-21-17(22)11-14(19-18(13)21)12-20-8-3-6-15(20)16-7-4-10-23-16/h2,4-5,7,9-11,15H,3,6,8,12H2,1H3/p+1/t15-/m1/s1. The van der Waals surface area contributed by atoms with Crippen LogP contribution in [-0.2, 0) is 6.54 Å². The third kappa shape index (κ3) is 2.71. The maximum Gasteiger partial charge on any atom is 0.258 e. The van der Waals surface area contributed by atoms with Crippen molar-refractivity contribution < 1.29 is 4.90 Å². The Hall–Kier alpha value is -1.98. The van der Waals surface area contributed by atoms with Gasteiger partial charge in [0.1, 0.15) is 23.9 Å². The lowest BCUT2D eigenvalue weighted by Gasteiger charge is -2.20. The third-order valence-electron chi connectivity index (χ3n) is 4.72. The Morgan fingerprint density at radius 1 is 1.39 bits per heavy atom. The number of fused-ring (bicyclic) bond motifs is 1. The first-order chi connectivity index (χ1) is 11.2. The van der Waals surface area contributed by atoms with Crippen molar-refractivity contribution in [1.82, 2.24) is 9.38 Å². The number of nitrogens with zero attached hydrogens (tertiary/aromatic N) is 2. The topological polar surface area (TPSA) is 38.8 Å². The molecule has 0 radical (unpaired) electrons. The second-order valence-electron chi connectivity index (χ2n) is 6.27. The molecule has 1 unspecified atom stereocenters. The van der Waals surface area contributed by atoms with Crippen molar-refractivity contribution in [2.75, 3.05) is 6.54 Å². The van der Waals surface area contributed by atoms with Crippen molar-refractivity contribution in [2.24, 2.45) is 0 Å². The molecule has 3 aromatic heterocycles. The Bertz CT molecular complexity index is 885. The molecule has 1 saturated heterocycles. The molecular weight excluding hydrogens is 306 g/mol. The molecule has 1 aliphatic rings. The Morgan fingerprint density at radius 3 is 3.13 bits per heavy atom. The van der Waals surface area contributed by atoms with Crippen LogP contribution < -0.4 is 10.5 Å². The molecule has 4 heterocycles. The molecule has 5 heteroatoms. The molecule has 0 saturated carbocycles. The van der Waals surface area contributed by atoms with Crippen molar-refractivity contribution in [3.63, 3.8) is 0 Å². The smallest absolute Gasteiger partial charge is 0.258 e. The molecule has 4 rings (SSSR count). The zero-order chi connectivity index (χ0) is 15.8. The molecule has 118 valence electrons. The lowest BCUT2D eigenvalue weighted by molar-refractivity contribution is -0.932. The van der Waals surface area contributed by atoms with E-state index in [1.165, 1.54) is 22.6 Å². The summed E-state index contributed by atoms with van der Waals surface area (Å²) >= 11 is 1.84. The van der Waals surface area contributed by atoms with Gasteiger partial charge in [0.05, 0.1) is 11.4 Å². The average Bonchev–Trinajstić information content (AvgIpc) is 3.19. The second kappa shape index (κ2) is 5.91. The molecule has 0 aromatic carbocycles. The lowest BCUT2D eigenvalue weighted by Crippen LogP contribution is -3.08. The number of likely N-dealkylation sites (tertiary alicyclic amines) is 1. The van der Waals surface area contributed by atoms with Gasteiger partial charge in [-0.05, 0) is 30.0 Å². The van der Waals surface area contributed by atoms with Gasteiger partial charge in [-0.25, -0.2) is 4.98 Å². The molecular formula is C18H20N3OS+. The molecule has 1 aliphatic heterocycles. The summed E-state index contributed by atoms with van der Waals surface area (Å²) in [5, 5.41) is 2.15. The average molecular weight is 326 g/mol. The van der Waals surface area contributed by atoms with Crippen LogP contribution in [0.4, 0.5) is 0 Å². The molecule has 0 spiro atoms. The van der Waals surface area contributed by atoms with Gasteiger partial charge in [0.25, 0.3) is 5.56 Å². The van der Waals surface area contributed by atoms with E-state index in [2.05, 4.69) is 17.5 Å². The van der Waals surface area contributed by atoms with Crippen LogP contribution in [-0.4, -0.2) is 15.9 Å². The maximum absolute atomic E-state index is 12.4. The molecule has 0 aliphatic carbocycles. The minimum Gasteiger partial charge on any atom is -0.323 e. The van der Waals surface area contributed by atoms with E-state index in [4.69, 9.17) is 4.98 Å². The second-order valence-corrected chi connectivity index (χ2v) is 7.25.